The number of carbonyl (C=O) groups is 1. The van der Waals surface area contributed by atoms with E-state index in [1.807, 2.05) is 0 Å². The molecule has 1 fully saturated rings. The van der Waals surface area contributed by atoms with Crippen molar-refractivity contribution in [1.29, 1.82) is 0 Å². The van der Waals surface area contributed by atoms with E-state index in [0.717, 1.165) is 31.2 Å². The number of carboxylic acids is 1. The number of hydrogen-bond acceptors (Lipinski definition) is 4. The van der Waals surface area contributed by atoms with E-state index in [4.69, 9.17) is 5.11 Å². The summed E-state index contributed by atoms with van der Waals surface area (Å²) < 4.78 is 2.13. The van der Waals surface area contributed by atoms with Crippen molar-refractivity contribution in [2.75, 3.05) is 13.6 Å². The fraction of sp³-hybridized carbons (Fsp3) is 0.750. The van der Waals surface area contributed by atoms with E-state index in [9.17, 15) is 4.79 Å². The van der Waals surface area contributed by atoms with Crippen LogP contribution in [0.3, 0.4) is 0 Å². The third kappa shape index (κ3) is 1.80. The van der Waals surface area contributed by atoms with Crippen molar-refractivity contribution in [2.45, 2.75) is 38.3 Å². The molecule has 1 aromatic heterocycles. The van der Waals surface area contributed by atoms with Crippen LogP contribution in [-0.4, -0.2) is 44.3 Å². The van der Waals surface area contributed by atoms with Gasteiger partial charge in [0.25, 0.3) is 0 Å². The molecule has 6 nitrogen and oxygen atoms in total. The van der Waals surface area contributed by atoms with Crippen LogP contribution in [0.2, 0.25) is 0 Å². The van der Waals surface area contributed by atoms with Crippen LogP contribution < -0.4 is 0 Å². The smallest absolute Gasteiger partial charge is 0.307 e. The van der Waals surface area contributed by atoms with Gasteiger partial charge >= 0.3 is 5.97 Å². The first-order valence-electron chi connectivity index (χ1n) is 6.52. The van der Waals surface area contributed by atoms with Crippen LogP contribution in [0, 0.1) is 5.92 Å². The van der Waals surface area contributed by atoms with Crippen molar-refractivity contribution in [1.82, 2.24) is 19.7 Å². The van der Waals surface area contributed by atoms with Crippen molar-refractivity contribution >= 4 is 5.97 Å². The summed E-state index contributed by atoms with van der Waals surface area (Å²) in [6, 6.07) is 0.354. The Hall–Kier alpha value is -1.43. The van der Waals surface area contributed by atoms with Gasteiger partial charge in [0.1, 0.15) is 11.6 Å². The zero-order valence-electron chi connectivity index (χ0n) is 10.5. The lowest BCUT2D eigenvalue weighted by Crippen LogP contribution is -2.28. The van der Waals surface area contributed by atoms with Crippen LogP contribution in [0.4, 0.5) is 0 Å². The van der Waals surface area contributed by atoms with E-state index in [0.29, 0.717) is 18.9 Å². The molecule has 2 aliphatic heterocycles. The Kier molecular flexibility index (Phi) is 2.81. The first-order chi connectivity index (χ1) is 8.66. The van der Waals surface area contributed by atoms with Crippen LogP contribution in [-0.2, 0) is 17.8 Å². The SMILES string of the molecule is CN1CCCC1c1nnc2n1CCC(C(=O)O)C2. The summed E-state index contributed by atoms with van der Waals surface area (Å²) in [6.45, 7) is 1.84. The fourth-order valence-corrected chi connectivity index (χ4v) is 3.04. The molecule has 6 heteroatoms. The maximum Gasteiger partial charge on any atom is 0.307 e. The Morgan fingerprint density at radius 2 is 2.17 bits per heavy atom. The minimum atomic E-state index is -0.719. The Bertz CT molecular complexity index is 471. The molecule has 0 amide bonds. The predicted octanol–water partition coefficient (Wildman–Crippen LogP) is 0.692. The van der Waals surface area contributed by atoms with Gasteiger partial charge < -0.3 is 9.67 Å². The van der Waals surface area contributed by atoms with Crippen molar-refractivity contribution < 1.29 is 9.90 Å². The minimum absolute atomic E-state index is 0.296. The number of nitrogens with zero attached hydrogens (tertiary/aromatic N) is 4. The standard InChI is InChI=1S/C12H18N4O2/c1-15-5-2-3-9(15)11-14-13-10-7-8(12(17)18)4-6-16(10)11/h8-9H,2-7H2,1H3,(H,17,18). The fourth-order valence-electron chi connectivity index (χ4n) is 3.04. The number of aliphatic carboxylic acids is 1. The van der Waals surface area contributed by atoms with Crippen LogP contribution in [0.15, 0.2) is 0 Å². The monoisotopic (exact) mass is 250 g/mol. The molecule has 2 unspecified atom stereocenters. The van der Waals surface area contributed by atoms with E-state index >= 15 is 0 Å². The number of aromatic nitrogens is 3. The normalized spacial score (nSPS) is 28.3. The van der Waals surface area contributed by atoms with Crippen molar-refractivity contribution in [3.63, 3.8) is 0 Å². The highest BCUT2D eigenvalue weighted by atomic mass is 16.4. The summed E-state index contributed by atoms with van der Waals surface area (Å²) in [5.74, 6) is 0.845. The molecule has 1 saturated heterocycles. The summed E-state index contributed by atoms with van der Waals surface area (Å²) in [6.07, 6.45) is 3.51. The molecular formula is C12H18N4O2. The molecule has 2 aliphatic rings. The first-order valence-corrected chi connectivity index (χ1v) is 6.52. The van der Waals surface area contributed by atoms with Crippen molar-refractivity contribution in [3.05, 3.63) is 11.6 Å². The molecule has 2 atom stereocenters. The second-order valence-corrected chi connectivity index (χ2v) is 5.29. The molecule has 18 heavy (non-hydrogen) atoms. The van der Waals surface area contributed by atoms with Crippen molar-refractivity contribution in [3.8, 4) is 0 Å². The van der Waals surface area contributed by atoms with Gasteiger partial charge in [-0.3, -0.25) is 9.69 Å². The van der Waals surface area contributed by atoms with Gasteiger partial charge in [-0.15, -0.1) is 10.2 Å². The molecule has 3 heterocycles. The molecule has 3 rings (SSSR count). The maximum absolute atomic E-state index is 11.0. The second kappa shape index (κ2) is 4.35. The predicted molar refractivity (Wildman–Crippen MR) is 64.1 cm³/mol. The molecular weight excluding hydrogens is 232 g/mol. The summed E-state index contributed by atoms with van der Waals surface area (Å²) in [7, 11) is 2.11. The highest BCUT2D eigenvalue weighted by Crippen LogP contribution is 2.31. The molecule has 98 valence electrons. The Labute approximate surface area is 106 Å². The van der Waals surface area contributed by atoms with E-state index in [-0.39, 0.29) is 5.92 Å². The lowest BCUT2D eigenvalue weighted by Gasteiger charge is -2.24. The number of hydrogen-bond donors (Lipinski definition) is 1. The molecule has 0 bridgehead atoms. The molecule has 0 aliphatic carbocycles. The highest BCUT2D eigenvalue weighted by molar-refractivity contribution is 5.70. The first kappa shape index (κ1) is 11.6. The molecule has 1 N–H and O–H groups in total. The van der Waals surface area contributed by atoms with Gasteiger partial charge in [0.2, 0.25) is 0 Å². The number of fused-ring (bicyclic) bond motifs is 1. The summed E-state index contributed by atoms with van der Waals surface area (Å²) in [5.41, 5.74) is 0. The molecule has 0 saturated carbocycles. The lowest BCUT2D eigenvalue weighted by molar-refractivity contribution is -0.142. The molecule has 0 spiro atoms. The average molecular weight is 250 g/mol. The molecule has 0 aromatic carbocycles. The topological polar surface area (TPSA) is 71.2 Å². The Balaban J connectivity index is 1.86. The second-order valence-electron chi connectivity index (χ2n) is 5.29. The number of rotatable bonds is 2. The van der Waals surface area contributed by atoms with E-state index in [1.165, 1.54) is 6.42 Å². The quantitative estimate of drug-likeness (QED) is 0.836. The third-order valence-corrected chi connectivity index (χ3v) is 4.15. The van der Waals surface area contributed by atoms with E-state index in [1.54, 1.807) is 0 Å². The third-order valence-electron chi connectivity index (χ3n) is 4.15. The van der Waals surface area contributed by atoms with Gasteiger partial charge in [-0.05, 0) is 32.9 Å². The number of carboxylic acid groups (broad SMARTS) is 1. The summed E-state index contributed by atoms with van der Waals surface area (Å²) >= 11 is 0. The van der Waals surface area contributed by atoms with Gasteiger partial charge in [-0.25, -0.2) is 0 Å². The van der Waals surface area contributed by atoms with Crippen LogP contribution in [0.25, 0.3) is 0 Å². The van der Waals surface area contributed by atoms with E-state index in [2.05, 4.69) is 26.7 Å². The summed E-state index contributed by atoms with van der Waals surface area (Å²) in [4.78, 5) is 13.3. The minimum Gasteiger partial charge on any atom is -0.481 e. The average Bonchev–Trinajstić information content (AvgIpc) is 2.93. The van der Waals surface area contributed by atoms with Gasteiger partial charge in [-0.1, -0.05) is 0 Å². The molecule has 1 aromatic rings. The van der Waals surface area contributed by atoms with Crippen LogP contribution >= 0.6 is 0 Å². The highest BCUT2D eigenvalue weighted by Gasteiger charge is 2.32. The van der Waals surface area contributed by atoms with Crippen LogP contribution in [0.5, 0.6) is 0 Å². The van der Waals surface area contributed by atoms with Gasteiger partial charge in [0, 0.05) is 13.0 Å². The maximum atomic E-state index is 11.0. The lowest BCUT2D eigenvalue weighted by atomic mass is 9.98. The van der Waals surface area contributed by atoms with Gasteiger partial charge in [0.05, 0.1) is 12.0 Å². The van der Waals surface area contributed by atoms with Gasteiger partial charge in [-0.2, -0.15) is 0 Å². The summed E-state index contributed by atoms with van der Waals surface area (Å²) in [5, 5.41) is 17.6. The zero-order chi connectivity index (χ0) is 12.7. The van der Waals surface area contributed by atoms with Crippen molar-refractivity contribution in [2.24, 2.45) is 5.92 Å². The Morgan fingerprint density at radius 1 is 1.33 bits per heavy atom. The largest absolute Gasteiger partial charge is 0.481 e. The Morgan fingerprint density at radius 3 is 2.83 bits per heavy atom. The van der Waals surface area contributed by atoms with Crippen LogP contribution in [0.1, 0.15) is 37.0 Å². The molecule has 0 radical (unpaired) electrons. The van der Waals surface area contributed by atoms with E-state index < -0.39 is 5.97 Å². The number of likely N-dealkylation sites (tertiary alicyclic amines) is 1. The van der Waals surface area contributed by atoms with Gasteiger partial charge in [0.15, 0.2) is 0 Å². The zero-order valence-corrected chi connectivity index (χ0v) is 10.5.